The zero-order valence-electron chi connectivity index (χ0n) is 8.65. The lowest BCUT2D eigenvalue weighted by Crippen LogP contribution is -2.19. The molecular formula is C13H13BrSi. The summed E-state index contributed by atoms with van der Waals surface area (Å²) in [6, 6.07) is 21.2. The zero-order valence-corrected chi connectivity index (χ0v) is 12.2. The van der Waals surface area contributed by atoms with Crippen molar-refractivity contribution in [1.82, 2.24) is 0 Å². The average Bonchev–Trinajstić information content (AvgIpc) is 2.31. The summed E-state index contributed by atoms with van der Waals surface area (Å²) in [4.78, 5) is 0. The summed E-state index contributed by atoms with van der Waals surface area (Å²) in [6.07, 6.45) is 0. The van der Waals surface area contributed by atoms with Crippen LogP contribution in [-0.4, -0.2) is 10.2 Å². The second kappa shape index (κ2) is 4.33. The summed E-state index contributed by atoms with van der Waals surface area (Å²) >= 11 is 3.86. The molecule has 0 nitrogen and oxygen atoms in total. The topological polar surface area (TPSA) is 0 Å². The molecule has 2 rings (SSSR count). The van der Waals surface area contributed by atoms with Crippen LogP contribution in [0.15, 0.2) is 60.7 Å². The lowest BCUT2D eigenvalue weighted by Gasteiger charge is -2.23. The quantitative estimate of drug-likeness (QED) is 0.585. The van der Waals surface area contributed by atoms with Crippen LogP contribution in [0.5, 0.6) is 0 Å². The molecule has 0 saturated carbocycles. The van der Waals surface area contributed by atoms with E-state index >= 15 is 0 Å². The van der Waals surface area contributed by atoms with Crippen LogP contribution >= 0.6 is 15.9 Å². The summed E-state index contributed by atoms with van der Waals surface area (Å²) in [7, 11) is 1.04. The first kappa shape index (κ1) is 10.6. The third kappa shape index (κ3) is 2.21. The molecule has 0 unspecified atom stereocenters. The highest BCUT2D eigenvalue weighted by atomic mass is 79.9. The van der Waals surface area contributed by atoms with Crippen molar-refractivity contribution in [2.24, 2.45) is 0 Å². The van der Waals surface area contributed by atoms with Crippen molar-refractivity contribution in [3.05, 3.63) is 71.8 Å². The summed E-state index contributed by atoms with van der Waals surface area (Å²) in [5.41, 5.74) is 2.67. The van der Waals surface area contributed by atoms with Gasteiger partial charge in [-0.1, -0.05) is 76.6 Å². The smallest absolute Gasteiger partial charge is 0.0569 e. The number of rotatable bonds is 2. The maximum Gasteiger partial charge on any atom is 0.0569 e. The summed E-state index contributed by atoms with van der Waals surface area (Å²) < 4.78 is 0.0372. The molecule has 2 aromatic carbocycles. The highest BCUT2D eigenvalue weighted by Crippen LogP contribution is 2.34. The van der Waals surface area contributed by atoms with Crippen molar-refractivity contribution in [1.29, 1.82) is 0 Å². The van der Waals surface area contributed by atoms with Gasteiger partial charge in [0.2, 0.25) is 0 Å². The van der Waals surface area contributed by atoms with Gasteiger partial charge in [-0.2, -0.15) is 0 Å². The first-order valence-corrected chi connectivity index (χ1v) is 6.80. The molecule has 0 spiro atoms. The van der Waals surface area contributed by atoms with E-state index in [1.807, 2.05) is 0 Å². The minimum absolute atomic E-state index is 0.0372. The molecule has 0 fully saturated rings. The third-order valence-corrected chi connectivity index (χ3v) is 4.70. The van der Waals surface area contributed by atoms with Crippen molar-refractivity contribution >= 4 is 26.2 Å². The maximum atomic E-state index is 3.86. The Labute approximate surface area is 102 Å². The number of benzene rings is 2. The van der Waals surface area contributed by atoms with E-state index in [0.29, 0.717) is 0 Å². The first-order valence-electron chi connectivity index (χ1n) is 5.01. The fraction of sp³-hybridized carbons (Fsp3) is 0.0769. The zero-order chi connectivity index (χ0) is 10.7. The predicted molar refractivity (Wildman–Crippen MR) is 72.5 cm³/mol. The number of alkyl halides is 1. The van der Waals surface area contributed by atoms with E-state index in [1.54, 1.807) is 0 Å². The fourth-order valence-corrected chi connectivity index (χ4v) is 2.86. The number of halogens is 1. The molecule has 0 N–H and O–H groups in total. The Kier molecular flexibility index (Phi) is 3.07. The van der Waals surface area contributed by atoms with Gasteiger partial charge in [-0.25, -0.2) is 0 Å². The number of hydrogen-bond donors (Lipinski definition) is 0. The van der Waals surface area contributed by atoms with E-state index < -0.39 is 0 Å². The normalized spacial score (nSPS) is 11.5. The molecule has 0 aromatic heterocycles. The van der Waals surface area contributed by atoms with Gasteiger partial charge in [-0.3, -0.25) is 0 Å². The van der Waals surface area contributed by atoms with Crippen LogP contribution in [0.2, 0.25) is 0 Å². The van der Waals surface area contributed by atoms with Gasteiger partial charge < -0.3 is 0 Å². The van der Waals surface area contributed by atoms with Gasteiger partial charge in [0.15, 0.2) is 0 Å². The van der Waals surface area contributed by atoms with Gasteiger partial charge >= 0.3 is 0 Å². The summed E-state index contributed by atoms with van der Waals surface area (Å²) in [5.74, 6) is 0. The molecule has 0 heterocycles. The molecule has 0 aliphatic heterocycles. The summed E-state index contributed by atoms with van der Waals surface area (Å²) in [5, 5.41) is 0. The van der Waals surface area contributed by atoms with Crippen LogP contribution in [0.1, 0.15) is 11.1 Å². The van der Waals surface area contributed by atoms with Crippen molar-refractivity contribution < 1.29 is 0 Å². The largest absolute Gasteiger partial charge is 0.0798 e. The number of hydrogen-bond acceptors (Lipinski definition) is 0. The molecule has 0 amide bonds. The Balaban J connectivity index is 2.44. The monoisotopic (exact) mass is 276 g/mol. The Morgan fingerprint density at radius 3 is 1.40 bits per heavy atom. The van der Waals surface area contributed by atoms with Crippen molar-refractivity contribution in [2.75, 3.05) is 0 Å². The Hall–Kier alpha value is -0.863. The molecule has 0 atom stereocenters. The van der Waals surface area contributed by atoms with Gasteiger partial charge in [0, 0.05) is 10.2 Å². The third-order valence-electron chi connectivity index (χ3n) is 2.63. The minimum Gasteiger partial charge on any atom is -0.0798 e. The molecule has 0 aliphatic carbocycles. The van der Waals surface area contributed by atoms with E-state index in [1.165, 1.54) is 11.1 Å². The molecule has 0 aliphatic rings. The molecule has 2 aromatic rings. The lowest BCUT2D eigenvalue weighted by molar-refractivity contribution is 1.08. The van der Waals surface area contributed by atoms with Crippen molar-refractivity contribution in [3.63, 3.8) is 0 Å². The molecule has 0 saturated heterocycles. The van der Waals surface area contributed by atoms with Gasteiger partial charge in [0.1, 0.15) is 0 Å². The van der Waals surface area contributed by atoms with Gasteiger partial charge in [-0.05, 0) is 11.1 Å². The van der Waals surface area contributed by atoms with Crippen LogP contribution in [0.25, 0.3) is 0 Å². The first-order chi connectivity index (χ1) is 7.21. The Morgan fingerprint density at radius 1 is 0.733 bits per heavy atom. The lowest BCUT2D eigenvalue weighted by atomic mass is 10.0. The highest BCUT2D eigenvalue weighted by molar-refractivity contribution is 9.10. The van der Waals surface area contributed by atoms with E-state index in [4.69, 9.17) is 0 Å². The molecule has 2 heteroatoms. The van der Waals surface area contributed by atoms with Crippen LogP contribution < -0.4 is 0 Å². The van der Waals surface area contributed by atoms with Gasteiger partial charge in [0.25, 0.3) is 0 Å². The predicted octanol–water partition coefficient (Wildman–Crippen LogP) is 2.65. The van der Waals surface area contributed by atoms with Gasteiger partial charge in [-0.15, -0.1) is 0 Å². The fourth-order valence-electron chi connectivity index (χ4n) is 1.67. The molecule has 0 radical (unpaired) electrons. The Morgan fingerprint density at radius 2 is 1.07 bits per heavy atom. The van der Waals surface area contributed by atoms with Crippen molar-refractivity contribution in [2.45, 2.75) is 3.95 Å². The van der Waals surface area contributed by atoms with Crippen molar-refractivity contribution in [3.8, 4) is 0 Å². The minimum atomic E-state index is 0.0372. The van der Waals surface area contributed by atoms with E-state index in [-0.39, 0.29) is 3.95 Å². The molecular weight excluding hydrogens is 264 g/mol. The van der Waals surface area contributed by atoms with E-state index in [9.17, 15) is 0 Å². The van der Waals surface area contributed by atoms with Crippen LogP contribution in [-0.2, 0) is 3.95 Å². The van der Waals surface area contributed by atoms with Gasteiger partial charge in [0.05, 0.1) is 3.95 Å². The molecule has 15 heavy (non-hydrogen) atoms. The Bertz CT molecular complexity index is 381. The second-order valence-electron chi connectivity index (χ2n) is 3.74. The SMILES string of the molecule is [SiH3]C(Br)(c1ccccc1)c1ccccc1. The average molecular weight is 277 g/mol. The van der Waals surface area contributed by atoms with E-state index in [0.717, 1.165) is 10.2 Å². The van der Waals surface area contributed by atoms with Crippen LogP contribution in [0.3, 0.4) is 0 Å². The highest BCUT2D eigenvalue weighted by Gasteiger charge is 2.24. The van der Waals surface area contributed by atoms with Crippen LogP contribution in [0, 0.1) is 0 Å². The summed E-state index contributed by atoms with van der Waals surface area (Å²) in [6.45, 7) is 0. The van der Waals surface area contributed by atoms with E-state index in [2.05, 4.69) is 76.6 Å². The molecule has 76 valence electrons. The van der Waals surface area contributed by atoms with Crippen LogP contribution in [0.4, 0.5) is 0 Å². The maximum absolute atomic E-state index is 3.86. The second-order valence-corrected chi connectivity index (χ2v) is 8.28. The molecule has 0 bridgehead atoms. The standard InChI is InChI=1S/C13H13BrSi/c14-13(15,11-7-3-1-4-8-11)12-9-5-2-6-10-12/h1-10H,15H3.